The molecule has 0 spiro atoms. The smallest absolute Gasteiger partial charge is 0.171 e. The monoisotopic (exact) mass is 180 g/mol. The number of rotatable bonds is 4. The minimum Gasteiger partial charge on any atom is -0.409 e. The number of nitrogens with zero attached hydrogens (tertiary/aromatic N) is 1. The van der Waals surface area contributed by atoms with Crippen molar-refractivity contribution in [3.8, 4) is 5.75 Å². The number of pyridine rings is 1. The average Bonchev–Trinajstić information content (AvgIpc) is 2.18. The van der Waals surface area contributed by atoms with Crippen molar-refractivity contribution in [2.75, 3.05) is 0 Å². The van der Waals surface area contributed by atoms with E-state index in [1.54, 1.807) is 0 Å². The summed E-state index contributed by atoms with van der Waals surface area (Å²) in [6.07, 6.45) is 4.70. The second-order valence-corrected chi connectivity index (χ2v) is 2.97. The van der Waals surface area contributed by atoms with Crippen LogP contribution in [0.4, 0.5) is 0 Å². The van der Waals surface area contributed by atoms with Gasteiger partial charge >= 0.3 is 0 Å². The van der Waals surface area contributed by atoms with Crippen LogP contribution in [-0.4, -0.2) is 4.98 Å². The van der Waals surface area contributed by atoms with Crippen molar-refractivity contribution in [3.63, 3.8) is 0 Å². The summed E-state index contributed by atoms with van der Waals surface area (Å²) in [7, 11) is 0. The molecule has 0 aromatic carbocycles. The maximum absolute atomic E-state index is 5.22. The molecule has 0 aliphatic carbocycles. The molecule has 13 heavy (non-hydrogen) atoms. The van der Waals surface area contributed by atoms with Crippen LogP contribution in [0, 0.1) is 0 Å². The van der Waals surface area contributed by atoms with Crippen molar-refractivity contribution in [3.05, 3.63) is 23.5 Å². The van der Waals surface area contributed by atoms with E-state index in [2.05, 4.69) is 18.8 Å². The molecule has 0 amide bonds. The average molecular weight is 180 g/mol. The van der Waals surface area contributed by atoms with Gasteiger partial charge in [-0.05, 0) is 24.5 Å². The van der Waals surface area contributed by atoms with Crippen LogP contribution in [0.15, 0.2) is 12.3 Å². The molecule has 0 atom stereocenters. The Labute approximate surface area is 78.9 Å². The van der Waals surface area contributed by atoms with Crippen LogP contribution < -0.4 is 10.7 Å². The molecule has 0 unspecified atom stereocenters. The molecule has 1 rings (SSSR count). The first kappa shape index (κ1) is 9.99. The maximum atomic E-state index is 5.22. The van der Waals surface area contributed by atoms with E-state index in [4.69, 9.17) is 10.7 Å². The first-order chi connectivity index (χ1) is 6.33. The Hall–Kier alpha value is -1.09. The predicted octanol–water partition coefficient (Wildman–Crippen LogP) is 1.85. The molecule has 2 N–H and O–H groups in total. The second-order valence-electron chi connectivity index (χ2n) is 2.97. The van der Waals surface area contributed by atoms with Crippen LogP contribution >= 0.6 is 0 Å². The lowest BCUT2D eigenvalue weighted by molar-refractivity contribution is 0.325. The number of aromatic nitrogens is 1. The van der Waals surface area contributed by atoms with Gasteiger partial charge in [0, 0.05) is 6.20 Å². The molecule has 1 aromatic rings. The van der Waals surface area contributed by atoms with Crippen molar-refractivity contribution in [2.24, 2.45) is 5.90 Å². The Morgan fingerprint density at radius 1 is 1.46 bits per heavy atom. The Morgan fingerprint density at radius 2 is 2.23 bits per heavy atom. The second kappa shape index (κ2) is 4.82. The fourth-order valence-corrected chi connectivity index (χ4v) is 1.37. The topological polar surface area (TPSA) is 48.1 Å². The zero-order valence-electron chi connectivity index (χ0n) is 8.21. The summed E-state index contributed by atoms with van der Waals surface area (Å²) in [6, 6.07) is 1.95. The van der Waals surface area contributed by atoms with E-state index < -0.39 is 0 Å². The van der Waals surface area contributed by atoms with Crippen molar-refractivity contribution in [2.45, 2.75) is 33.1 Å². The molecule has 0 fully saturated rings. The van der Waals surface area contributed by atoms with Crippen molar-refractivity contribution >= 4 is 0 Å². The fourth-order valence-electron chi connectivity index (χ4n) is 1.37. The summed E-state index contributed by atoms with van der Waals surface area (Å²) in [5.41, 5.74) is 2.09. The third kappa shape index (κ3) is 2.18. The normalized spacial score (nSPS) is 10.1. The van der Waals surface area contributed by atoms with Crippen LogP contribution in [0.2, 0.25) is 0 Å². The van der Waals surface area contributed by atoms with Crippen LogP contribution in [0.1, 0.15) is 31.5 Å². The number of hydrogen-bond donors (Lipinski definition) is 1. The van der Waals surface area contributed by atoms with Gasteiger partial charge in [-0.3, -0.25) is 4.98 Å². The van der Waals surface area contributed by atoms with Crippen LogP contribution in [-0.2, 0) is 12.8 Å². The lowest BCUT2D eigenvalue weighted by atomic mass is 10.1. The van der Waals surface area contributed by atoms with Gasteiger partial charge in [-0.25, -0.2) is 0 Å². The summed E-state index contributed by atoms with van der Waals surface area (Å²) in [6.45, 7) is 4.19. The summed E-state index contributed by atoms with van der Waals surface area (Å²) in [5.74, 6) is 5.97. The van der Waals surface area contributed by atoms with E-state index in [1.165, 1.54) is 0 Å². The number of aryl methyl sites for hydroxylation is 2. The van der Waals surface area contributed by atoms with Crippen LogP contribution in [0.25, 0.3) is 0 Å². The third-order valence-corrected chi connectivity index (χ3v) is 2.05. The number of hydrogen-bond acceptors (Lipinski definition) is 3. The lowest BCUT2D eigenvalue weighted by Crippen LogP contribution is -2.08. The van der Waals surface area contributed by atoms with Gasteiger partial charge in [-0.15, -0.1) is 0 Å². The largest absolute Gasteiger partial charge is 0.409 e. The highest BCUT2D eigenvalue weighted by Crippen LogP contribution is 2.22. The number of nitrogens with two attached hydrogens (primary N) is 1. The molecule has 1 heterocycles. The highest BCUT2D eigenvalue weighted by Gasteiger charge is 2.08. The molecule has 3 nitrogen and oxygen atoms in total. The van der Waals surface area contributed by atoms with E-state index in [0.29, 0.717) is 0 Å². The highest BCUT2D eigenvalue weighted by molar-refractivity contribution is 5.36. The SMILES string of the molecule is CCCc1nccc(CC)c1ON. The Kier molecular flexibility index (Phi) is 3.71. The van der Waals surface area contributed by atoms with Gasteiger partial charge in [0.05, 0.1) is 5.69 Å². The Morgan fingerprint density at radius 3 is 2.77 bits per heavy atom. The molecule has 3 heteroatoms. The molecule has 0 bridgehead atoms. The summed E-state index contributed by atoms with van der Waals surface area (Å²) >= 11 is 0. The van der Waals surface area contributed by atoms with Crippen molar-refractivity contribution in [1.29, 1.82) is 0 Å². The Balaban J connectivity index is 3.03. The molecule has 1 aromatic heterocycles. The molecule has 0 saturated carbocycles. The van der Waals surface area contributed by atoms with E-state index in [0.717, 1.165) is 36.3 Å². The van der Waals surface area contributed by atoms with Gasteiger partial charge in [-0.1, -0.05) is 20.3 Å². The minimum absolute atomic E-state index is 0.756. The lowest BCUT2D eigenvalue weighted by Gasteiger charge is -2.09. The van der Waals surface area contributed by atoms with Gasteiger partial charge in [0.25, 0.3) is 0 Å². The van der Waals surface area contributed by atoms with Crippen LogP contribution in [0.5, 0.6) is 5.75 Å². The Bertz CT molecular complexity index is 274. The molecule has 0 saturated heterocycles. The quantitative estimate of drug-likeness (QED) is 0.719. The standard InChI is InChI=1S/C10H16N2O/c1-3-5-9-10(13-11)8(4-2)6-7-12-9/h6-7H,3-5,11H2,1-2H3. The summed E-state index contributed by atoms with van der Waals surface area (Å²) in [4.78, 5) is 9.10. The van der Waals surface area contributed by atoms with Gasteiger partial charge in [0.1, 0.15) is 0 Å². The van der Waals surface area contributed by atoms with E-state index in [9.17, 15) is 0 Å². The minimum atomic E-state index is 0.756. The molecular weight excluding hydrogens is 164 g/mol. The van der Waals surface area contributed by atoms with Gasteiger partial charge in [0.15, 0.2) is 5.75 Å². The summed E-state index contributed by atoms with van der Waals surface area (Å²) in [5, 5.41) is 0. The van der Waals surface area contributed by atoms with Gasteiger partial charge in [-0.2, -0.15) is 5.90 Å². The summed E-state index contributed by atoms with van der Waals surface area (Å²) < 4.78 is 0. The zero-order valence-corrected chi connectivity index (χ0v) is 8.21. The zero-order chi connectivity index (χ0) is 9.68. The van der Waals surface area contributed by atoms with E-state index in [-0.39, 0.29) is 0 Å². The van der Waals surface area contributed by atoms with Gasteiger partial charge in [0.2, 0.25) is 0 Å². The molecule has 0 aliphatic heterocycles. The third-order valence-electron chi connectivity index (χ3n) is 2.05. The van der Waals surface area contributed by atoms with E-state index >= 15 is 0 Å². The fraction of sp³-hybridized carbons (Fsp3) is 0.500. The first-order valence-corrected chi connectivity index (χ1v) is 4.66. The van der Waals surface area contributed by atoms with Gasteiger partial charge < -0.3 is 4.84 Å². The molecule has 72 valence electrons. The van der Waals surface area contributed by atoms with Crippen molar-refractivity contribution < 1.29 is 4.84 Å². The first-order valence-electron chi connectivity index (χ1n) is 4.66. The van der Waals surface area contributed by atoms with Crippen LogP contribution in [0.3, 0.4) is 0 Å². The maximum Gasteiger partial charge on any atom is 0.171 e. The molecule has 0 aliphatic rings. The van der Waals surface area contributed by atoms with Crippen molar-refractivity contribution in [1.82, 2.24) is 4.98 Å². The molecular formula is C10H16N2O. The molecule has 0 radical (unpaired) electrons. The van der Waals surface area contributed by atoms with E-state index in [1.807, 2.05) is 12.3 Å². The predicted molar refractivity (Wildman–Crippen MR) is 52.4 cm³/mol. The highest BCUT2D eigenvalue weighted by atomic mass is 16.6.